The molecule has 6 aromatic rings. The van der Waals surface area contributed by atoms with Gasteiger partial charge >= 0.3 is 0 Å². The van der Waals surface area contributed by atoms with Gasteiger partial charge in [-0.05, 0) is 138 Å². The van der Waals surface area contributed by atoms with E-state index < -0.39 is 0 Å². The maximum Gasteiger partial charge on any atom is -0.000730 e. The standard InChI is InChI=1S/C56H64/c1-33-21-25-39(43(29-33)53(5,6)7)49-47-37-19-17-18-20-38(37)48(47)50(40-26-22-34(2)30-44(40)54(8,9)10)52(42-28-24-36(4)32-46(42)56(14,15)16)51(49)41-27-23-35(3)31-45(41)55(11,12)13/h17-32H,1-16H3. The Kier molecular flexibility index (Phi) is 9.51. The lowest BCUT2D eigenvalue weighted by Gasteiger charge is -2.39. The average Bonchev–Trinajstić information content (AvgIpc) is 3.08. The van der Waals surface area contributed by atoms with E-state index in [0.29, 0.717) is 0 Å². The number of aryl methyl sites for hydroxylation is 4. The van der Waals surface area contributed by atoms with Gasteiger partial charge in [0.1, 0.15) is 0 Å². The molecule has 0 fully saturated rings. The van der Waals surface area contributed by atoms with Crippen molar-refractivity contribution in [2.75, 3.05) is 0 Å². The van der Waals surface area contributed by atoms with E-state index >= 15 is 0 Å². The topological polar surface area (TPSA) is 0 Å². The molecular formula is C56H64. The number of benzene rings is 6. The summed E-state index contributed by atoms with van der Waals surface area (Å²) in [6.45, 7) is 37.6. The van der Waals surface area contributed by atoms with E-state index in [1.54, 1.807) is 0 Å². The second-order valence-corrected chi connectivity index (χ2v) is 21.0. The summed E-state index contributed by atoms with van der Waals surface area (Å²) in [5.74, 6) is 0. The van der Waals surface area contributed by atoms with Crippen LogP contribution in [0, 0.1) is 27.7 Å². The fourth-order valence-corrected chi connectivity index (χ4v) is 9.21. The van der Waals surface area contributed by atoms with E-state index in [1.807, 2.05) is 0 Å². The molecule has 0 N–H and O–H groups in total. The van der Waals surface area contributed by atoms with E-state index in [2.05, 4.69) is 208 Å². The Morgan fingerprint density at radius 2 is 0.446 bits per heavy atom. The molecule has 0 heterocycles. The molecule has 0 atom stereocenters. The van der Waals surface area contributed by atoms with Crippen molar-refractivity contribution in [3.63, 3.8) is 0 Å². The van der Waals surface area contributed by atoms with Gasteiger partial charge in [0.15, 0.2) is 0 Å². The van der Waals surface area contributed by atoms with Gasteiger partial charge in [-0.2, -0.15) is 0 Å². The van der Waals surface area contributed by atoms with Gasteiger partial charge < -0.3 is 0 Å². The van der Waals surface area contributed by atoms with Crippen LogP contribution in [0.4, 0.5) is 0 Å². The molecule has 288 valence electrons. The van der Waals surface area contributed by atoms with Crippen LogP contribution < -0.4 is 0 Å². The van der Waals surface area contributed by atoms with Crippen LogP contribution in [-0.2, 0) is 21.7 Å². The first-order chi connectivity index (χ1) is 26.0. The predicted octanol–water partition coefficient (Wildman–Crippen LogP) is 16.4. The zero-order valence-corrected chi connectivity index (χ0v) is 37.2. The Labute approximate surface area is 339 Å². The molecule has 0 saturated heterocycles. The van der Waals surface area contributed by atoms with E-state index in [-0.39, 0.29) is 21.7 Å². The van der Waals surface area contributed by atoms with Crippen LogP contribution in [0.2, 0.25) is 0 Å². The lowest BCUT2D eigenvalue weighted by atomic mass is 9.64. The van der Waals surface area contributed by atoms with Gasteiger partial charge in [0.25, 0.3) is 0 Å². The summed E-state index contributed by atoms with van der Waals surface area (Å²) in [7, 11) is 0. The highest BCUT2D eigenvalue weighted by atomic mass is 14.4. The number of hydrogen-bond donors (Lipinski definition) is 0. The van der Waals surface area contributed by atoms with Gasteiger partial charge in [-0.3, -0.25) is 0 Å². The van der Waals surface area contributed by atoms with Crippen molar-refractivity contribution < 1.29 is 0 Å². The molecule has 0 bridgehead atoms. The summed E-state index contributed by atoms with van der Waals surface area (Å²) in [6, 6.07) is 38.2. The van der Waals surface area contributed by atoms with Gasteiger partial charge in [-0.25, -0.2) is 0 Å². The van der Waals surface area contributed by atoms with E-state index in [4.69, 9.17) is 0 Å². The molecule has 7 rings (SSSR count). The van der Waals surface area contributed by atoms with Crippen LogP contribution in [0.5, 0.6) is 0 Å². The Hall–Kier alpha value is -4.68. The highest BCUT2D eigenvalue weighted by Gasteiger charge is 2.39. The van der Waals surface area contributed by atoms with Crippen molar-refractivity contribution in [3.8, 4) is 66.8 Å². The molecule has 0 amide bonds. The minimum atomic E-state index is -0.0996. The second kappa shape index (κ2) is 13.5. The normalized spacial score (nSPS) is 13.0. The van der Waals surface area contributed by atoms with Crippen molar-refractivity contribution in [3.05, 3.63) is 142 Å². The van der Waals surface area contributed by atoms with Crippen molar-refractivity contribution in [1.82, 2.24) is 0 Å². The molecule has 0 unspecified atom stereocenters. The summed E-state index contributed by atoms with van der Waals surface area (Å²) in [5.41, 5.74) is 26.6. The summed E-state index contributed by atoms with van der Waals surface area (Å²) in [6.07, 6.45) is 0. The highest BCUT2D eigenvalue weighted by Crippen LogP contribution is 2.64. The molecule has 0 radical (unpaired) electrons. The largest absolute Gasteiger partial charge is 0.0616 e. The Bertz CT molecular complexity index is 2340. The number of fused-ring (bicyclic) bond motifs is 4. The molecule has 1 aliphatic rings. The summed E-state index contributed by atoms with van der Waals surface area (Å²) >= 11 is 0. The molecule has 0 aromatic heterocycles. The lowest BCUT2D eigenvalue weighted by molar-refractivity contribution is 0.589. The van der Waals surface area contributed by atoms with Crippen molar-refractivity contribution in [2.24, 2.45) is 0 Å². The number of hydrogen-bond acceptors (Lipinski definition) is 0. The highest BCUT2D eigenvalue weighted by molar-refractivity contribution is 6.23. The van der Waals surface area contributed by atoms with Crippen molar-refractivity contribution in [2.45, 2.75) is 132 Å². The Morgan fingerprint density at radius 1 is 0.250 bits per heavy atom. The summed E-state index contributed by atoms with van der Waals surface area (Å²) in [5, 5.41) is 0. The zero-order valence-electron chi connectivity index (χ0n) is 37.2. The molecule has 0 spiro atoms. The van der Waals surface area contributed by atoms with E-state index in [0.717, 1.165) is 0 Å². The van der Waals surface area contributed by atoms with E-state index in [9.17, 15) is 0 Å². The predicted molar refractivity (Wildman–Crippen MR) is 246 cm³/mol. The van der Waals surface area contributed by atoms with Gasteiger partial charge in [0.2, 0.25) is 0 Å². The molecule has 1 aliphatic carbocycles. The van der Waals surface area contributed by atoms with Crippen molar-refractivity contribution >= 4 is 0 Å². The Balaban J connectivity index is 1.89. The third-order valence-corrected chi connectivity index (χ3v) is 12.0. The second-order valence-electron chi connectivity index (χ2n) is 21.0. The smallest absolute Gasteiger partial charge is 0.000730 e. The molecule has 0 aliphatic heterocycles. The first-order valence-corrected chi connectivity index (χ1v) is 20.8. The van der Waals surface area contributed by atoms with Gasteiger partial charge in [0.05, 0.1) is 0 Å². The van der Waals surface area contributed by atoms with Crippen LogP contribution >= 0.6 is 0 Å². The minimum absolute atomic E-state index is 0.0788. The third-order valence-electron chi connectivity index (χ3n) is 12.0. The van der Waals surface area contributed by atoms with Crippen LogP contribution in [0.15, 0.2) is 97.1 Å². The fourth-order valence-electron chi connectivity index (χ4n) is 9.21. The summed E-state index contributed by atoms with van der Waals surface area (Å²) in [4.78, 5) is 0. The monoisotopic (exact) mass is 737 g/mol. The van der Waals surface area contributed by atoms with Gasteiger partial charge in [0, 0.05) is 0 Å². The lowest BCUT2D eigenvalue weighted by Crippen LogP contribution is -2.19. The van der Waals surface area contributed by atoms with Gasteiger partial charge in [-0.15, -0.1) is 0 Å². The quantitative estimate of drug-likeness (QED) is 0.169. The van der Waals surface area contributed by atoms with Crippen molar-refractivity contribution in [1.29, 1.82) is 0 Å². The molecule has 6 aromatic carbocycles. The van der Waals surface area contributed by atoms with Crippen LogP contribution in [0.3, 0.4) is 0 Å². The van der Waals surface area contributed by atoms with Gasteiger partial charge in [-0.1, -0.05) is 202 Å². The molecule has 56 heavy (non-hydrogen) atoms. The van der Waals surface area contributed by atoms with Crippen LogP contribution in [0.25, 0.3) is 66.8 Å². The molecule has 0 nitrogen and oxygen atoms in total. The maximum atomic E-state index is 2.46. The molecular weight excluding hydrogens is 673 g/mol. The van der Waals surface area contributed by atoms with Crippen LogP contribution in [0.1, 0.15) is 128 Å². The van der Waals surface area contributed by atoms with Crippen LogP contribution in [-0.4, -0.2) is 0 Å². The number of rotatable bonds is 4. The first kappa shape index (κ1) is 39.6. The SMILES string of the molecule is Cc1ccc(-c2c3c(c(-c4ccc(C)cc4C(C)(C)C)c(-c4ccc(C)cc4C(C)(C)C)c2-c2ccc(C)cc2C(C)(C)C)-c2ccccc2-3)c(C(C)(C)C)c1. The molecule has 0 saturated carbocycles. The zero-order chi connectivity index (χ0) is 40.9. The summed E-state index contributed by atoms with van der Waals surface area (Å²) < 4.78 is 0. The first-order valence-electron chi connectivity index (χ1n) is 20.8. The third kappa shape index (κ3) is 6.78. The Morgan fingerprint density at radius 3 is 0.643 bits per heavy atom. The minimum Gasteiger partial charge on any atom is -0.0616 e. The van der Waals surface area contributed by atoms with E-state index in [1.165, 1.54) is 111 Å². The molecule has 0 heteroatoms. The maximum absolute atomic E-state index is 2.46. The fraction of sp³-hybridized carbons (Fsp3) is 0.357. The average molecular weight is 737 g/mol.